The highest BCUT2D eigenvalue weighted by atomic mass is 32.2. The van der Waals surface area contributed by atoms with Gasteiger partial charge in [-0.25, -0.2) is 8.42 Å². The van der Waals surface area contributed by atoms with Crippen LogP contribution in [0.4, 0.5) is 5.69 Å². The maximum atomic E-state index is 12.7. The molecule has 0 atom stereocenters. The van der Waals surface area contributed by atoms with Gasteiger partial charge in [-0.15, -0.1) is 0 Å². The Kier molecular flexibility index (Phi) is 6.20. The first kappa shape index (κ1) is 20.1. The Hall–Kier alpha value is -2.19. The molecule has 0 unspecified atom stereocenters. The number of rotatable bonds is 7. The van der Waals surface area contributed by atoms with Crippen molar-refractivity contribution in [2.75, 3.05) is 18.4 Å². The topological polar surface area (TPSA) is 92.5 Å². The molecule has 0 aliphatic carbocycles. The maximum absolute atomic E-state index is 12.7. The summed E-state index contributed by atoms with van der Waals surface area (Å²) in [6, 6.07) is 6.24. The minimum absolute atomic E-state index is 0.00586. The molecule has 2 rings (SSSR count). The summed E-state index contributed by atoms with van der Waals surface area (Å²) in [5.74, 6) is 0.142. The Balaban J connectivity index is 2.33. The van der Waals surface area contributed by atoms with E-state index in [1.165, 1.54) is 16.4 Å². The summed E-state index contributed by atoms with van der Waals surface area (Å²) in [5, 5.41) is 6.61. The van der Waals surface area contributed by atoms with Crippen LogP contribution in [0.3, 0.4) is 0 Å². The standard InChI is InChI=1S/C18H25N3O4S/c1-6-21(7-2)26(23,24)15-10-8-9-14(11-15)19-18(22)16-13(5)20-25-17(16)12(3)4/h8-12H,6-7H2,1-5H3,(H,19,22). The predicted molar refractivity (Wildman–Crippen MR) is 99.8 cm³/mol. The molecule has 1 N–H and O–H groups in total. The number of amides is 1. The molecule has 0 saturated heterocycles. The lowest BCUT2D eigenvalue weighted by Crippen LogP contribution is -2.30. The average molecular weight is 379 g/mol. The van der Waals surface area contributed by atoms with Crippen LogP contribution in [0.25, 0.3) is 0 Å². The van der Waals surface area contributed by atoms with Crippen LogP contribution in [0, 0.1) is 6.92 Å². The Labute approximate surface area is 154 Å². The van der Waals surface area contributed by atoms with E-state index in [0.717, 1.165) is 0 Å². The number of hydrogen-bond donors (Lipinski definition) is 1. The van der Waals surface area contributed by atoms with Crippen LogP contribution in [0.2, 0.25) is 0 Å². The van der Waals surface area contributed by atoms with Crippen molar-refractivity contribution >= 4 is 21.6 Å². The number of hydrogen-bond acceptors (Lipinski definition) is 5. The SMILES string of the molecule is CCN(CC)S(=O)(=O)c1cccc(NC(=O)c2c(C)noc2C(C)C)c1. The number of anilines is 1. The van der Waals surface area contributed by atoms with Crippen molar-refractivity contribution < 1.29 is 17.7 Å². The van der Waals surface area contributed by atoms with Crippen LogP contribution in [0.1, 0.15) is 55.4 Å². The third-order valence-corrected chi connectivity index (χ3v) is 6.12. The van der Waals surface area contributed by atoms with Crippen LogP contribution in [0.5, 0.6) is 0 Å². The van der Waals surface area contributed by atoms with Gasteiger partial charge in [-0.1, -0.05) is 38.9 Å². The van der Waals surface area contributed by atoms with Crippen LogP contribution < -0.4 is 5.32 Å². The molecule has 1 heterocycles. The molecule has 8 heteroatoms. The normalized spacial score (nSPS) is 12.0. The summed E-state index contributed by atoms with van der Waals surface area (Å²) in [5.41, 5.74) is 1.29. The number of benzene rings is 1. The van der Waals surface area contributed by atoms with Gasteiger partial charge < -0.3 is 9.84 Å². The fourth-order valence-corrected chi connectivity index (χ4v) is 4.20. The van der Waals surface area contributed by atoms with E-state index in [1.807, 2.05) is 13.8 Å². The summed E-state index contributed by atoms with van der Waals surface area (Å²) >= 11 is 0. The summed E-state index contributed by atoms with van der Waals surface area (Å²) < 4.78 is 31.9. The van der Waals surface area contributed by atoms with Gasteiger partial charge in [0.1, 0.15) is 5.56 Å². The van der Waals surface area contributed by atoms with Gasteiger partial charge in [-0.3, -0.25) is 4.79 Å². The van der Waals surface area contributed by atoms with Crippen molar-refractivity contribution in [1.82, 2.24) is 9.46 Å². The third-order valence-electron chi connectivity index (χ3n) is 4.08. The van der Waals surface area contributed by atoms with Crippen molar-refractivity contribution in [1.29, 1.82) is 0 Å². The maximum Gasteiger partial charge on any atom is 0.261 e. The van der Waals surface area contributed by atoms with Crippen molar-refractivity contribution in [3.63, 3.8) is 0 Å². The molecule has 26 heavy (non-hydrogen) atoms. The molecule has 0 spiro atoms. The minimum Gasteiger partial charge on any atom is -0.360 e. The van der Waals surface area contributed by atoms with Crippen molar-refractivity contribution in [3.05, 3.63) is 41.3 Å². The second kappa shape index (κ2) is 8.01. The lowest BCUT2D eigenvalue weighted by atomic mass is 10.0. The number of aryl methyl sites for hydroxylation is 1. The molecule has 0 aliphatic heterocycles. The Bertz CT molecular complexity index is 884. The zero-order valence-electron chi connectivity index (χ0n) is 15.7. The summed E-state index contributed by atoms with van der Waals surface area (Å²) in [6.07, 6.45) is 0. The van der Waals surface area contributed by atoms with E-state index in [1.54, 1.807) is 32.9 Å². The lowest BCUT2D eigenvalue weighted by Gasteiger charge is -2.18. The number of sulfonamides is 1. The smallest absolute Gasteiger partial charge is 0.261 e. The molecule has 0 fully saturated rings. The van der Waals surface area contributed by atoms with E-state index in [-0.39, 0.29) is 16.7 Å². The van der Waals surface area contributed by atoms with Crippen molar-refractivity contribution in [2.45, 2.75) is 45.4 Å². The zero-order valence-corrected chi connectivity index (χ0v) is 16.6. The van der Waals surface area contributed by atoms with Gasteiger partial charge in [-0.2, -0.15) is 4.31 Å². The first-order chi connectivity index (χ1) is 12.2. The molecule has 142 valence electrons. The van der Waals surface area contributed by atoms with Crippen LogP contribution >= 0.6 is 0 Å². The molecule has 0 saturated carbocycles. The van der Waals surface area contributed by atoms with Crippen molar-refractivity contribution in [2.24, 2.45) is 0 Å². The van der Waals surface area contributed by atoms with E-state index in [2.05, 4.69) is 10.5 Å². The largest absolute Gasteiger partial charge is 0.360 e. The molecule has 2 aromatic rings. The van der Waals surface area contributed by atoms with Gasteiger partial charge in [0.2, 0.25) is 10.0 Å². The molecule has 0 bridgehead atoms. The first-order valence-corrected chi connectivity index (χ1v) is 10.0. The Morgan fingerprint density at radius 2 is 1.92 bits per heavy atom. The first-order valence-electron chi connectivity index (χ1n) is 8.60. The van der Waals surface area contributed by atoms with E-state index < -0.39 is 10.0 Å². The molecule has 1 aromatic heterocycles. The van der Waals surface area contributed by atoms with Gasteiger partial charge in [0.25, 0.3) is 5.91 Å². The minimum atomic E-state index is -3.59. The number of nitrogens with one attached hydrogen (secondary N) is 1. The van der Waals surface area contributed by atoms with E-state index in [0.29, 0.717) is 35.8 Å². The second-order valence-corrected chi connectivity index (χ2v) is 8.17. The molecule has 1 amide bonds. The average Bonchev–Trinajstić information content (AvgIpc) is 2.98. The summed E-state index contributed by atoms with van der Waals surface area (Å²) in [7, 11) is -3.59. The highest BCUT2D eigenvalue weighted by molar-refractivity contribution is 7.89. The predicted octanol–water partition coefficient (Wildman–Crippen LogP) is 3.39. The third kappa shape index (κ3) is 3.96. The molecule has 1 aromatic carbocycles. The second-order valence-electron chi connectivity index (χ2n) is 6.23. The lowest BCUT2D eigenvalue weighted by molar-refractivity contribution is 0.102. The fraction of sp³-hybridized carbons (Fsp3) is 0.444. The number of aromatic nitrogens is 1. The molecular formula is C18H25N3O4S. The van der Waals surface area contributed by atoms with E-state index in [9.17, 15) is 13.2 Å². The van der Waals surface area contributed by atoms with Gasteiger partial charge >= 0.3 is 0 Å². The highest BCUT2D eigenvalue weighted by Gasteiger charge is 2.24. The van der Waals surface area contributed by atoms with Gasteiger partial charge in [-0.05, 0) is 25.1 Å². The molecule has 0 aliphatic rings. The summed E-state index contributed by atoms with van der Waals surface area (Å²) in [6.45, 7) is 9.86. The Morgan fingerprint density at radius 1 is 1.27 bits per heavy atom. The highest BCUT2D eigenvalue weighted by Crippen LogP contribution is 2.24. The van der Waals surface area contributed by atoms with Gasteiger partial charge in [0.15, 0.2) is 5.76 Å². The zero-order chi connectivity index (χ0) is 19.5. The monoisotopic (exact) mass is 379 g/mol. The van der Waals surface area contributed by atoms with Gasteiger partial charge in [0.05, 0.1) is 10.6 Å². The quantitative estimate of drug-likeness (QED) is 0.796. The Morgan fingerprint density at radius 3 is 2.50 bits per heavy atom. The van der Waals surface area contributed by atoms with Gasteiger partial charge in [0, 0.05) is 24.7 Å². The number of carbonyl (C=O) groups excluding carboxylic acids is 1. The molecule has 7 nitrogen and oxygen atoms in total. The van der Waals surface area contributed by atoms with Crippen molar-refractivity contribution in [3.8, 4) is 0 Å². The summed E-state index contributed by atoms with van der Waals surface area (Å²) in [4.78, 5) is 12.8. The fourth-order valence-electron chi connectivity index (χ4n) is 2.70. The van der Waals surface area contributed by atoms with Crippen LogP contribution in [-0.4, -0.2) is 36.9 Å². The number of nitrogens with zero attached hydrogens (tertiary/aromatic N) is 2. The van der Waals surface area contributed by atoms with E-state index >= 15 is 0 Å². The number of carbonyl (C=O) groups is 1. The molecule has 0 radical (unpaired) electrons. The van der Waals surface area contributed by atoms with Crippen LogP contribution in [0.15, 0.2) is 33.7 Å². The molecular weight excluding hydrogens is 354 g/mol. The van der Waals surface area contributed by atoms with Crippen LogP contribution in [-0.2, 0) is 10.0 Å². The van der Waals surface area contributed by atoms with E-state index in [4.69, 9.17) is 4.52 Å².